The molecule has 1 amide bonds. The van der Waals surface area contributed by atoms with E-state index in [1.807, 2.05) is 0 Å². The third-order valence-electron chi connectivity index (χ3n) is 4.33. The van der Waals surface area contributed by atoms with Gasteiger partial charge in [-0.25, -0.2) is 0 Å². The number of para-hydroxylation sites is 2. The zero-order valence-corrected chi connectivity index (χ0v) is 12.5. The Balaban J connectivity index is 2.02. The van der Waals surface area contributed by atoms with E-state index < -0.39 is 5.91 Å². The number of benzene rings is 1. The summed E-state index contributed by atoms with van der Waals surface area (Å²) in [5.41, 5.74) is 0.488. The Labute approximate surface area is 127 Å². The quantitative estimate of drug-likeness (QED) is 0.864. The minimum Gasteiger partial charge on any atom is -0.805 e. The van der Waals surface area contributed by atoms with Crippen LogP contribution in [0.3, 0.4) is 0 Å². The van der Waals surface area contributed by atoms with Gasteiger partial charge in [0.2, 0.25) is 0 Å². The Morgan fingerprint density at radius 1 is 1.27 bits per heavy atom. The summed E-state index contributed by atoms with van der Waals surface area (Å²) in [6, 6.07) is 6.58. The van der Waals surface area contributed by atoms with Crippen LogP contribution in [0.2, 0.25) is 0 Å². The van der Waals surface area contributed by atoms with Crippen LogP contribution in [0.4, 0.5) is 0 Å². The first-order valence-corrected chi connectivity index (χ1v) is 7.65. The third-order valence-corrected chi connectivity index (χ3v) is 4.33. The zero-order valence-electron chi connectivity index (χ0n) is 12.5. The number of hydrogen-bond donors (Lipinski definition) is 1. The van der Waals surface area contributed by atoms with Crippen molar-refractivity contribution >= 4 is 16.9 Å². The summed E-state index contributed by atoms with van der Waals surface area (Å²) < 4.78 is 1.22. The normalized spacial score (nSPS) is 15.9. The van der Waals surface area contributed by atoms with Gasteiger partial charge >= 0.3 is 11.6 Å². The number of nitrogens with zero attached hydrogens (tertiary/aromatic N) is 2. The largest absolute Gasteiger partial charge is 0.805 e. The molecule has 6 heteroatoms. The number of carbonyl (C=O) groups excluding carboxylic acids is 1. The maximum atomic E-state index is 12.5. The summed E-state index contributed by atoms with van der Waals surface area (Å²) in [4.78, 5) is 25.0. The van der Waals surface area contributed by atoms with Gasteiger partial charge in [-0.3, -0.25) is 4.79 Å². The molecule has 1 aromatic heterocycles. The first kappa shape index (κ1) is 14.6. The second-order valence-corrected chi connectivity index (χ2v) is 5.82. The molecule has 1 saturated carbocycles. The molecule has 0 radical (unpaired) electrons. The Bertz CT molecular complexity index is 776. The van der Waals surface area contributed by atoms with Crippen LogP contribution in [0.15, 0.2) is 24.3 Å². The van der Waals surface area contributed by atoms with Crippen LogP contribution in [-0.2, 0) is 0 Å². The van der Waals surface area contributed by atoms with Crippen molar-refractivity contribution in [1.82, 2.24) is 10.0 Å². The molecule has 0 atom stereocenters. The van der Waals surface area contributed by atoms with Crippen molar-refractivity contribution in [2.24, 2.45) is 0 Å². The Morgan fingerprint density at radius 2 is 1.95 bits per heavy atom. The fraction of sp³-hybridized carbons (Fsp3) is 0.438. The van der Waals surface area contributed by atoms with Gasteiger partial charge in [0.05, 0.1) is 10.1 Å². The standard InChI is InChI=1S/C16H19N3O3/c1-11-15(16(20)17-12-7-3-2-4-8-12)19(22)14-10-6-5-9-13(14)18(11)21/h5-6,9-10,12H,2-4,7-8H2,1H3,(H,17,20). The van der Waals surface area contributed by atoms with Gasteiger partial charge in [-0.15, -0.1) is 0 Å². The minimum atomic E-state index is -0.463. The Morgan fingerprint density at radius 3 is 2.68 bits per heavy atom. The summed E-state index contributed by atoms with van der Waals surface area (Å²) in [6.07, 6.45) is 5.20. The molecule has 0 aliphatic heterocycles. The molecule has 6 nitrogen and oxygen atoms in total. The fourth-order valence-electron chi connectivity index (χ4n) is 3.11. The molecule has 1 heterocycles. The minimum absolute atomic E-state index is 0.0900. The summed E-state index contributed by atoms with van der Waals surface area (Å²) in [7, 11) is 0. The van der Waals surface area contributed by atoms with Crippen LogP contribution in [0, 0.1) is 17.0 Å². The summed E-state index contributed by atoms with van der Waals surface area (Å²) >= 11 is 0. The molecule has 0 unspecified atom stereocenters. The van der Waals surface area contributed by atoms with Crippen molar-refractivity contribution in [2.75, 3.05) is 0 Å². The van der Waals surface area contributed by atoms with E-state index in [2.05, 4.69) is 5.32 Å². The molecule has 0 spiro atoms. The van der Waals surface area contributed by atoms with E-state index in [0.29, 0.717) is 9.16 Å². The van der Waals surface area contributed by atoms with E-state index in [0.717, 1.165) is 25.7 Å². The molecule has 22 heavy (non-hydrogen) atoms. The van der Waals surface area contributed by atoms with Crippen LogP contribution in [-0.4, -0.2) is 16.7 Å². The number of nitrogens with one attached hydrogen (secondary N) is 1. The monoisotopic (exact) mass is 301 g/mol. The number of hydrogen-bond acceptors (Lipinski definition) is 3. The lowest BCUT2D eigenvalue weighted by molar-refractivity contribution is -0.468. The van der Waals surface area contributed by atoms with Gasteiger partial charge in [0.15, 0.2) is 0 Å². The summed E-state index contributed by atoms with van der Waals surface area (Å²) in [5.74, 6) is -0.463. The van der Waals surface area contributed by atoms with Gasteiger partial charge in [-0.2, -0.15) is 0 Å². The highest BCUT2D eigenvalue weighted by Gasteiger charge is 2.28. The topological polar surface area (TPSA) is 80.1 Å². The molecule has 0 saturated heterocycles. The summed E-state index contributed by atoms with van der Waals surface area (Å²) in [6.45, 7) is 1.50. The molecule has 1 N–H and O–H groups in total. The van der Waals surface area contributed by atoms with Crippen molar-refractivity contribution in [3.63, 3.8) is 0 Å². The first-order valence-electron chi connectivity index (χ1n) is 7.65. The molecule has 1 fully saturated rings. The Kier molecular flexibility index (Phi) is 3.83. The van der Waals surface area contributed by atoms with Crippen molar-refractivity contribution < 1.29 is 9.22 Å². The number of carbonyl (C=O) groups is 1. The van der Waals surface area contributed by atoms with Crippen molar-refractivity contribution in [3.05, 3.63) is 45.8 Å². The SMILES string of the molecule is Cc1c(C(=O)NC2CCCCC2)[n+](=O)c2ccccc2n1[O-]. The lowest BCUT2D eigenvalue weighted by atomic mass is 9.95. The Hall–Kier alpha value is -2.37. The van der Waals surface area contributed by atoms with E-state index in [9.17, 15) is 14.9 Å². The molecule has 116 valence electrons. The lowest BCUT2D eigenvalue weighted by Crippen LogP contribution is -2.42. The molecule has 1 aliphatic carbocycles. The zero-order chi connectivity index (χ0) is 15.7. The van der Waals surface area contributed by atoms with Gasteiger partial charge in [0.25, 0.3) is 5.52 Å². The first-order chi connectivity index (χ1) is 10.6. The number of amides is 1. The smallest absolute Gasteiger partial charge is 0.346 e. The van der Waals surface area contributed by atoms with E-state index in [1.54, 1.807) is 24.3 Å². The second-order valence-electron chi connectivity index (χ2n) is 5.82. The van der Waals surface area contributed by atoms with Crippen molar-refractivity contribution in [3.8, 4) is 0 Å². The van der Waals surface area contributed by atoms with Crippen LogP contribution in [0.1, 0.15) is 48.3 Å². The molecule has 0 bridgehead atoms. The van der Waals surface area contributed by atoms with E-state index in [4.69, 9.17) is 0 Å². The third kappa shape index (κ3) is 2.45. The summed E-state index contributed by atoms with van der Waals surface area (Å²) in [5, 5.41) is 15.2. The van der Waals surface area contributed by atoms with Crippen LogP contribution in [0.25, 0.3) is 11.0 Å². The van der Waals surface area contributed by atoms with Crippen molar-refractivity contribution in [1.29, 1.82) is 0 Å². The van der Waals surface area contributed by atoms with Gasteiger partial charge in [0, 0.05) is 17.0 Å². The van der Waals surface area contributed by atoms with E-state index >= 15 is 0 Å². The highest BCUT2D eigenvalue weighted by atomic mass is 16.5. The highest BCUT2D eigenvalue weighted by molar-refractivity contribution is 5.93. The average molecular weight is 301 g/mol. The van der Waals surface area contributed by atoms with Gasteiger partial charge in [0.1, 0.15) is 5.52 Å². The molecular weight excluding hydrogens is 282 g/mol. The van der Waals surface area contributed by atoms with Gasteiger partial charge < -0.3 is 15.3 Å². The van der Waals surface area contributed by atoms with Gasteiger partial charge in [-0.1, -0.05) is 31.4 Å². The fourth-order valence-corrected chi connectivity index (χ4v) is 3.11. The predicted molar refractivity (Wildman–Crippen MR) is 83.1 cm³/mol. The number of rotatable bonds is 2. The maximum Gasteiger partial charge on any atom is 0.346 e. The van der Waals surface area contributed by atoms with E-state index in [1.165, 1.54) is 13.3 Å². The molecule has 3 rings (SSSR count). The van der Waals surface area contributed by atoms with Gasteiger partial charge in [-0.05, 0) is 25.8 Å². The predicted octanol–water partition coefficient (Wildman–Crippen LogP) is 2.27. The van der Waals surface area contributed by atoms with E-state index in [-0.39, 0.29) is 28.5 Å². The maximum absolute atomic E-state index is 12.5. The van der Waals surface area contributed by atoms with Crippen LogP contribution in [0.5, 0.6) is 0 Å². The molecule has 1 aliphatic rings. The average Bonchev–Trinajstić information content (AvgIpc) is 2.54. The molecular formula is C16H19N3O3. The lowest BCUT2D eigenvalue weighted by Gasteiger charge is -2.22. The van der Waals surface area contributed by atoms with Crippen molar-refractivity contribution in [2.45, 2.75) is 45.1 Å². The highest BCUT2D eigenvalue weighted by Crippen LogP contribution is 2.18. The molecule has 1 aromatic carbocycles. The van der Waals surface area contributed by atoms with Crippen LogP contribution < -0.4 is 9.74 Å². The molecule has 2 aromatic rings. The second kappa shape index (κ2) is 5.79. The van der Waals surface area contributed by atoms with Crippen LogP contribution >= 0.6 is 0 Å². The number of fused-ring (bicyclic) bond motifs is 1. The number of aromatic nitrogens is 2.